The molecule has 0 spiro atoms. The van der Waals surface area contributed by atoms with Crippen molar-refractivity contribution in [2.45, 2.75) is 12.2 Å². The highest BCUT2D eigenvalue weighted by Crippen LogP contribution is 2.19. The van der Waals surface area contributed by atoms with Gasteiger partial charge in [0.15, 0.2) is 5.79 Å². The fraction of sp³-hybridized carbons (Fsp3) is 0.0714. The Morgan fingerprint density at radius 1 is 0.594 bits per heavy atom. The van der Waals surface area contributed by atoms with Gasteiger partial charge in [-0.05, 0) is 52.6 Å². The Kier molecular flexibility index (Phi) is 7.81. The lowest BCUT2D eigenvalue weighted by atomic mass is 10.0. The van der Waals surface area contributed by atoms with Crippen LogP contribution < -0.4 is 0 Å². The molecule has 1 aliphatic carbocycles. The van der Waals surface area contributed by atoms with Crippen LogP contribution in [0.1, 0.15) is 23.1 Å². The zero-order valence-corrected chi connectivity index (χ0v) is 17.5. The lowest BCUT2D eigenvalue weighted by Crippen LogP contribution is -2.25. The van der Waals surface area contributed by atoms with Gasteiger partial charge in [0.05, 0.1) is 0 Å². The van der Waals surface area contributed by atoms with E-state index in [4.69, 9.17) is 10.2 Å². The van der Waals surface area contributed by atoms with Gasteiger partial charge < -0.3 is 20.4 Å². The number of benzene rings is 3. The van der Waals surface area contributed by atoms with Gasteiger partial charge in [-0.3, -0.25) is 0 Å². The predicted molar refractivity (Wildman–Crippen MR) is 130 cm³/mol. The molecule has 1 aliphatic rings. The van der Waals surface area contributed by atoms with Crippen LogP contribution in [-0.2, 0) is 0 Å². The summed E-state index contributed by atoms with van der Waals surface area (Å²) in [5.41, 5.74) is 4.15. The molecule has 0 bridgehead atoms. The third-order valence-electron chi connectivity index (χ3n) is 4.70. The van der Waals surface area contributed by atoms with Crippen molar-refractivity contribution in [2.24, 2.45) is 0 Å². The number of hydrogen-bond donors (Lipinski definition) is 4. The SMILES string of the molecule is OC1(O)C=CC(C=Cc2ccccc2)=CC1.Oc1ccc(C=Cc2ccc(O)cc2)cc1. The minimum absolute atomic E-state index is 0.234. The topological polar surface area (TPSA) is 80.9 Å². The van der Waals surface area contributed by atoms with Gasteiger partial charge in [-0.2, -0.15) is 0 Å². The first-order valence-electron chi connectivity index (χ1n) is 10.2. The van der Waals surface area contributed by atoms with E-state index in [1.54, 1.807) is 36.4 Å². The highest BCUT2D eigenvalue weighted by molar-refractivity contribution is 5.70. The summed E-state index contributed by atoms with van der Waals surface area (Å²) in [4.78, 5) is 0. The summed E-state index contributed by atoms with van der Waals surface area (Å²) in [5, 5.41) is 36.8. The smallest absolute Gasteiger partial charge is 0.186 e. The molecule has 162 valence electrons. The largest absolute Gasteiger partial charge is 0.508 e. The molecule has 4 heteroatoms. The van der Waals surface area contributed by atoms with E-state index >= 15 is 0 Å². The highest BCUT2D eigenvalue weighted by Gasteiger charge is 2.19. The van der Waals surface area contributed by atoms with Crippen LogP contribution in [-0.4, -0.2) is 26.2 Å². The predicted octanol–water partition coefficient (Wildman–Crippen LogP) is 5.54. The second-order valence-electron chi connectivity index (χ2n) is 7.38. The molecule has 0 unspecified atom stereocenters. The van der Waals surface area contributed by atoms with E-state index in [0.29, 0.717) is 0 Å². The van der Waals surface area contributed by atoms with Gasteiger partial charge in [0.25, 0.3) is 0 Å². The van der Waals surface area contributed by atoms with Crippen LogP contribution in [0.2, 0.25) is 0 Å². The van der Waals surface area contributed by atoms with Crippen molar-refractivity contribution in [3.8, 4) is 11.5 Å². The summed E-state index contributed by atoms with van der Waals surface area (Å²) < 4.78 is 0. The van der Waals surface area contributed by atoms with Gasteiger partial charge in [0.2, 0.25) is 0 Å². The van der Waals surface area contributed by atoms with Gasteiger partial charge >= 0.3 is 0 Å². The van der Waals surface area contributed by atoms with Crippen molar-refractivity contribution in [3.05, 3.63) is 125 Å². The van der Waals surface area contributed by atoms with Crippen molar-refractivity contribution in [3.63, 3.8) is 0 Å². The van der Waals surface area contributed by atoms with Crippen molar-refractivity contribution in [2.75, 3.05) is 0 Å². The van der Waals surface area contributed by atoms with Crippen molar-refractivity contribution >= 4 is 18.2 Å². The monoisotopic (exact) mass is 426 g/mol. The lowest BCUT2D eigenvalue weighted by Gasteiger charge is -2.18. The molecule has 0 heterocycles. The molecule has 4 N–H and O–H groups in total. The summed E-state index contributed by atoms with van der Waals surface area (Å²) in [5.74, 6) is -1.15. The fourth-order valence-corrected chi connectivity index (χ4v) is 2.88. The quantitative estimate of drug-likeness (QED) is 0.326. The molecule has 3 aromatic carbocycles. The van der Waals surface area contributed by atoms with E-state index in [1.807, 2.05) is 78.9 Å². The van der Waals surface area contributed by atoms with E-state index in [1.165, 1.54) is 6.08 Å². The molecular formula is C28H26O4. The van der Waals surface area contributed by atoms with Crippen LogP contribution in [0.25, 0.3) is 18.2 Å². The lowest BCUT2D eigenvalue weighted by molar-refractivity contribution is -0.115. The standard InChI is InChI=1S/C14H12O2.C14H14O2/c15-13-7-3-11(4-8-13)1-2-12-5-9-14(16)10-6-12;15-14(16)10-8-13(9-11-14)7-6-12-4-2-1-3-5-12/h1-10,15-16H;1-10,15-16H,11H2. The van der Waals surface area contributed by atoms with Crippen molar-refractivity contribution < 1.29 is 20.4 Å². The van der Waals surface area contributed by atoms with Crippen molar-refractivity contribution in [1.82, 2.24) is 0 Å². The van der Waals surface area contributed by atoms with Crippen LogP contribution in [0.5, 0.6) is 11.5 Å². The van der Waals surface area contributed by atoms with E-state index in [9.17, 15) is 10.2 Å². The molecule has 4 nitrogen and oxygen atoms in total. The first kappa shape index (κ1) is 22.8. The molecule has 0 fully saturated rings. The zero-order chi connectivity index (χ0) is 22.8. The molecule has 0 aromatic heterocycles. The average molecular weight is 427 g/mol. The maximum absolute atomic E-state index is 9.28. The van der Waals surface area contributed by atoms with E-state index in [-0.39, 0.29) is 17.9 Å². The van der Waals surface area contributed by atoms with Gasteiger partial charge in [0, 0.05) is 6.42 Å². The molecule has 0 amide bonds. The number of hydrogen-bond acceptors (Lipinski definition) is 4. The molecule has 0 atom stereocenters. The van der Waals surface area contributed by atoms with E-state index in [2.05, 4.69) is 0 Å². The molecule has 3 aromatic rings. The second kappa shape index (κ2) is 11.0. The maximum atomic E-state index is 9.28. The van der Waals surface area contributed by atoms with Gasteiger partial charge in [0.1, 0.15) is 11.5 Å². The van der Waals surface area contributed by atoms with E-state index < -0.39 is 5.79 Å². The summed E-state index contributed by atoms with van der Waals surface area (Å²) in [6.45, 7) is 0. The normalized spacial score (nSPS) is 14.8. The van der Waals surface area contributed by atoms with Crippen molar-refractivity contribution in [1.29, 1.82) is 0 Å². The number of phenols is 2. The molecule has 32 heavy (non-hydrogen) atoms. The van der Waals surface area contributed by atoms with Crippen LogP contribution in [0.4, 0.5) is 0 Å². The molecular weight excluding hydrogens is 400 g/mol. The summed E-state index contributed by atoms with van der Waals surface area (Å²) in [6.07, 6.45) is 13.0. The number of aliphatic hydroxyl groups is 2. The summed E-state index contributed by atoms with van der Waals surface area (Å²) >= 11 is 0. The third kappa shape index (κ3) is 7.76. The Morgan fingerprint density at radius 3 is 1.53 bits per heavy atom. The Bertz CT molecular complexity index is 1060. The minimum Gasteiger partial charge on any atom is -0.508 e. The molecule has 0 aliphatic heterocycles. The molecule has 0 radical (unpaired) electrons. The van der Waals surface area contributed by atoms with Gasteiger partial charge in [-0.25, -0.2) is 0 Å². The minimum atomic E-state index is -1.68. The highest BCUT2D eigenvalue weighted by atomic mass is 16.5. The van der Waals surface area contributed by atoms with Crippen LogP contribution in [0.15, 0.2) is 109 Å². The molecule has 4 rings (SSSR count). The molecule has 0 saturated carbocycles. The fourth-order valence-electron chi connectivity index (χ4n) is 2.88. The average Bonchev–Trinajstić information content (AvgIpc) is 2.80. The Balaban J connectivity index is 0.000000181. The number of aromatic hydroxyl groups is 2. The number of rotatable bonds is 4. The number of phenolic OH excluding ortho intramolecular Hbond substituents is 2. The number of allylic oxidation sites excluding steroid dienone is 3. The van der Waals surface area contributed by atoms with Gasteiger partial charge in [-0.15, -0.1) is 0 Å². The Labute approximate surface area is 188 Å². The Morgan fingerprint density at radius 2 is 1.06 bits per heavy atom. The Hall–Kier alpha value is -3.86. The van der Waals surface area contributed by atoms with Gasteiger partial charge in [-0.1, -0.05) is 91.1 Å². The maximum Gasteiger partial charge on any atom is 0.186 e. The van der Waals surface area contributed by atoms with Crippen LogP contribution in [0, 0.1) is 0 Å². The first-order valence-corrected chi connectivity index (χ1v) is 10.2. The second-order valence-corrected chi connectivity index (χ2v) is 7.38. The van der Waals surface area contributed by atoms with E-state index in [0.717, 1.165) is 22.3 Å². The summed E-state index contributed by atoms with van der Waals surface area (Å²) in [6, 6.07) is 23.9. The third-order valence-corrected chi connectivity index (χ3v) is 4.70. The first-order chi connectivity index (χ1) is 15.4. The summed E-state index contributed by atoms with van der Waals surface area (Å²) in [7, 11) is 0. The zero-order valence-electron chi connectivity index (χ0n) is 17.5. The van der Waals surface area contributed by atoms with Crippen LogP contribution in [0.3, 0.4) is 0 Å². The molecule has 0 saturated heterocycles. The van der Waals surface area contributed by atoms with Crippen LogP contribution >= 0.6 is 0 Å².